The van der Waals surface area contributed by atoms with Gasteiger partial charge in [0.1, 0.15) is 4.84 Å². The lowest BCUT2D eigenvalue weighted by Gasteiger charge is -2.01. The lowest BCUT2D eigenvalue weighted by Crippen LogP contribution is -1.86. The van der Waals surface area contributed by atoms with E-state index in [1.165, 1.54) is 44.9 Å². The molecule has 74 valence electrons. The van der Waals surface area contributed by atoms with E-state index < -0.39 is 0 Å². The molecule has 0 amide bonds. The van der Waals surface area contributed by atoms with E-state index in [1.54, 1.807) is 0 Å². The van der Waals surface area contributed by atoms with Crippen molar-refractivity contribution in [2.24, 2.45) is 0 Å². The van der Waals surface area contributed by atoms with Gasteiger partial charge in [0, 0.05) is 0 Å². The second kappa shape index (κ2) is 9.67. The standard InChI is InChI=1S/C10H20Cl2/c1-2-3-4-5-6-7-8-9-10(11)12/h10H,2-9H2,1H3. The quantitative estimate of drug-likeness (QED) is 0.394. The third-order valence-corrected chi connectivity index (χ3v) is 2.46. The van der Waals surface area contributed by atoms with Crippen molar-refractivity contribution < 1.29 is 0 Å². The molecule has 0 radical (unpaired) electrons. The van der Waals surface area contributed by atoms with Crippen molar-refractivity contribution in [1.82, 2.24) is 0 Å². The Bertz CT molecular complexity index is 81.9. The molecular weight excluding hydrogens is 191 g/mol. The van der Waals surface area contributed by atoms with Crippen molar-refractivity contribution in [2.45, 2.75) is 63.1 Å². The van der Waals surface area contributed by atoms with Crippen LogP contribution in [-0.2, 0) is 0 Å². The lowest BCUT2D eigenvalue weighted by molar-refractivity contribution is 0.582. The first-order valence-corrected chi connectivity index (χ1v) is 5.92. The summed E-state index contributed by atoms with van der Waals surface area (Å²) < 4.78 is 0. The van der Waals surface area contributed by atoms with Crippen LogP contribution in [0.5, 0.6) is 0 Å². The molecule has 0 saturated carbocycles. The van der Waals surface area contributed by atoms with Gasteiger partial charge in [-0.15, -0.1) is 23.2 Å². The van der Waals surface area contributed by atoms with Gasteiger partial charge in [0.05, 0.1) is 0 Å². The Kier molecular flexibility index (Phi) is 10.1. The Labute approximate surface area is 86.6 Å². The van der Waals surface area contributed by atoms with Crippen molar-refractivity contribution in [3.05, 3.63) is 0 Å². The van der Waals surface area contributed by atoms with E-state index in [0.717, 1.165) is 6.42 Å². The second-order valence-electron chi connectivity index (χ2n) is 3.30. The molecule has 0 aliphatic carbocycles. The summed E-state index contributed by atoms with van der Waals surface area (Å²) in [6.07, 6.45) is 10.3. The molecule has 0 fully saturated rings. The molecule has 0 aliphatic heterocycles. The van der Waals surface area contributed by atoms with Gasteiger partial charge in [-0.25, -0.2) is 0 Å². The van der Waals surface area contributed by atoms with Gasteiger partial charge in [0.15, 0.2) is 0 Å². The molecule has 0 atom stereocenters. The minimum atomic E-state index is -0.152. The second-order valence-corrected chi connectivity index (χ2v) is 4.58. The molecular formula is C10H20Cl2. The number of rotatable bonds is 8. The zero-order valence-electron chi connectivity index (χ0n) is 7.99. The maximum Gasteiger partial charge on any atom is 0.107 e. The average Bonchev–Trinajstić information content (AvgIpc) is 2.02. The van der Waals surface area contributed by atoms with Crippen LogP contribution in [0.1, 0.15) is 58.3 Å². The molecule has 2 heteroatoms. The molecule has 0 unspecified atom stereocenters. The van der Waals surface area contributed by atoms with Gasteiger partial charge in [0.25, 0.3) is 0 Å². The van der Waals surface area contributed by atoms with Crippen LogP contribution in [0.25, 0.3) is 0 Å². The number of hydrogen-bond acceptors (Lipinski definition) is 0. The van der Waals surface area contributed by atoms with Crippen LogP contribution >= 0.6 is 23.2 Å². The first-order valence-electron chi connectivity index (χ1n) is 5.05. The van der Waals surface area contributed by atoms with Gasteiger partial charge >= 0.3 is 0 Å². The summed E-state index contributed by atoms with van der Waals surface area (Å²) in [7, 11) is 0. The summed E-state index contributed by atoms with van der Waals surface area (Å²) in [5.41, 5.74) is 0. The monoisotopic (exact) mass is 210 g/mol. The molecule has 12 heavy (non-hydrogen) atoms. The van der Waals surface area contributed by atoms with Crippen LogP contribution < -0.4 is 0 Å². The van der Waals surface area contributed by atoms with Crippen LogP contribution in [0, 0.1) is 0 Å². The number of alkyl halides is 2. The van der Waals surface area contributed by atoms with E-state index in [2.05, 4.69) is 6.92 Å². The van der Waals surface area contributed by atoms with E-state index in [-0.39, 0.29) is 4.84 Å². The Morgan fingerprint density at radius 2 is 1.33 bits per heavy atom. The molecule has 0 N–H and O–H groups in total. The van der Waals surface area contributed by atoms with E-state index in [9.17, 15) is 0 Å². The first-order chi connectivity index (χ1) is 5.77. The van der Waals surface area contributed by atoms with Gasteiger partial charge in [-0.2, -0.15) is 0 Å². The van der Waals surface area contributed by atoms with Gasteiger partial charge in [-0.1, -0.05) is 51.9 Å². The topological polar surface area (TPSA) is 0 Å². The Morgan fingerprint density at radius 1 is 0.833 bits per heavy atom. The zero-order valence-corrected chi connectivity index (χ0v) is 9.50. The molecule has 0 rings (SSSR count). The summed E-state index contributed by atoms with van der Waals surface area (Å²) >= 11 is 11.2. The fourth-order valence-corrected chi connectivity index (χ4v) is 1.56. The highest BCUT2D eigenvalue weighted by atomic mass is 35.5. The molecule has 0 aromatic heterocycles. The van der Waals surface area contributed by atoms with E-state index in [4.69, 9.17) is 23.2 Å². The number of hydrogen-bond donors (Lipinski definition) is 0. The largest absolute Gasteiger partial charge is 0.107 e. The number of unbranched alkanes of at least 4 members (excludes halogenated alkanes) is 6. The fourth-order valence-electron chi connectivity index (χ4n) is 1.26. The Balaban J connectivity index is 2.82. The fraction of sp³-hybridized carbons (Fsp3) is 1.00. The van der Waals surface area contributed by atoms with Crippen LogP contribution in [-0.4, -0.2) is 4.84 Å². The van der Waals surface area contributed by atoms with Crippen LogP contribution in [0.4, 0.5) is 0 Å². The van der Waals surface area contributed by atoms with E-state index in [1.807, 2.05) is 0 Å². The predicted molar refractivity (Wildman–Crippen MR) is 58.1 cm³/mol. The van der Waals surface area contributed by atoms with Crippen molar-refractivity contribution in [2.75, 3.05) is 0 Å². The van der Waals surface area contributed by atoms with Gasteiger partial charge < -0.3 is 0 Å². The highest BCUT2D eigenvalue weighted by Gasteiger charge is 1.97. The highest BCUT2D eigenvalue weighted by Crippen LogP contribution is 2.14. The summed E-state index contributed by atoms with van der Waals surface area (Å²) in [6, 6.07) is 0. The van der Waals surface area contributed by atoms with Crippen molar-refractivity contribution in [1.29, 1.82) is 0 Å². The average molecular weight is 211 g/mol. The van der Waals surface area contributed by atoms with Crippen molar-refractivity contribution in [3.8, 4) is 0 Å². The minimum Gasteiger partial charge on any atom is -0.105 e. The van der Waals surface area contributed by atoms with Crippen LogP contribution in [0.3, 0.4) is 0 Å². The van der Waals surface area contributed by atoms with Crippen LogP contribution in [0.2, 0.25) is 0 Å². The van der Waals surface area contributed by atoms with E-state index in [0.29, 0.717) is 0 Å². The lowest BCUT2D eigenvalue weighted by atomic mass is 10.1. The third-order valence-electron chi connectivity index (χ3n) is 2.03. The summed E-state index contributed by atoms with van der Waals surface area (Å²) in [5.74, 6) is 0. The summed E-state index contributed by atoms with van der Waals surface area (Å²) in [5, 5.41) is 0. The highest BCUT2D eigenvalue weighted by molar-refractivity contribution is 6.44. The molecule has 0 nitrogen and oxygen atoms in total. The molecule has 0 aliphatic rings. The summed E-state index contributed by atoms with van der Waals surface area (Å²) in [6.45, 7) is 2.24. The van der Waals surface area contributed by atoms with Crippen molar-refractivity contribution >= 4 is 23.2 Å². The van der Waals surface area contributed by atoms with Crippen molar-refractivity contribution in [3.63, 3.8) is 0 Å². The molecule has 0 aromatic carbocycles. The van der Waals surface area contributed by atoms with Crippen LogP contribution in [0.15, 0.2) is 0 Å². The maximum atomic E-state index is 5.61. The molecule has 0 bridgehead atoms. The maximum absolute atomic E-state index is 5.61. The normalized spacial score (nSPS) is 11.0. The van der Waals surface area contributed by atoms with Gasteiger partial charge in [0.2, 0.25) is 0 Å². The first kappa shape index (κ1) is 12.6. The van der Waals surface area contributed by atoms with E-state index >= 15 is 0 Å². The van der Waals surface area contributed by atoms with Gasteiger partial charge in [-0.3, -0.25) is 0 Å². The molecule has 0 aromatic rings. The Morgan fingerprint density at radius 3 is 1.83 bits per heavy atom. The third kappa shape index (κ3) is 10.6. The summed E-state index contributed by atoms with van der Waals surface area (Å²) in [4.78, 5) is -0.152. The van der Waals surface area contributed by atoms with Gasteiger partial charge in [-0.05, 0) is 6.42 Å². The molecule has 0 saturated heterocycles. The predicted octanol–water partition coefficient (Wildman–Crippen LogP) is 4.93. The SMILES string of the molecule is CCCCCCCCCC(Cl)Cl. The minimum absolute atomic E-state index is 0.152. The molecule has 0 heterocycles. The molecule has 0 spiro atoms. The number of halogens is 2. The smallest absolute Gasteiger partial charge is 0.105 e. The zero-order chi connectivity index (χ0) is 9.23. The Hall–Kier alpha value is 0.580.